The number of hydrogen-bond donors (Lipinski definition) is 0. The zero-order valence-corrected chi connectivity index (χ0v) is 9.86. The highest BCUT2D eigenvalue weighted by atomic mass is 32.2. The summed E-state index contributed by atoms with van der Waals surface area (Å²) in [7, 11) is 1.86. The van der Waals surface area contributed by atoms with Gasteiger partial charge in [-0.1, -0.05) is 0 Å². The number of rotatable bonds is 5. The Morgan fingerprint density at radius 2 is 1.85 bits per heavy atom. The highest BCUT2D eigenvalue weighted by Gasteiger charge is 2.13. The zero-order chi connectivity index (χ0) is 10.3. The minimum absolute atomic E-state index is 0.138. The molecule has 0 saturated heterocycles. The molecular formula is C9H20N2OS. The van der Waals surface area contributed by atoms with Crippen molar-refractivity contribution in [3.8, 4) is 0 Å². The molecule has 0 unspecified atom stereocenters. The number of amides is 2. The SMILES string of the molecule is CCN(CC)C(=O)N(C)CCSC. The van der Waals surface area contributed by atoms with E-state index < -0.39 is 0 Å². The lowest BCUT2D eigenvalue weighted by molar-refractivity contribution is 0.170. The molecule has 0 aliphatic rings. The van der Waals surface area contributed by atoms with E-state index in [0.29, 0.717) is 0 Å². The number of nitrogens with zero attached hydrogens (tertiary/aromatic N) is 2. The largest absolute Gasteiger partial charge is 0.327 e. The van der Waals surface area contributed by atoms with Crippen molar-refractivity contribution in [1.29, 1.82) is 0 Å². The van der Waals surface area contributed by atoms with Gasteiger partial charge in [-0.2, -0.15) is 11.8 Å². The number of carbonyl (C=O) groups excluding carboxylic acids is 1. The summed E-state index contributed by atoms with van der Waals surface area (Å²) in [4.78, 5) is 15.3. The summed E-state index contributed by atoms with van der Waals surface area (Å²) in [5.74, 6) is 1.00. The Morgan fingerprint density at radius 3 is 2.23 bits per heavy atom. The molecule has 0 atom stereocenters. The quantitative estimate of drug-likeness (QED) is 0.681. The van der Waals surface area contributed by atoms with Crippen LogP contribution in [0.2, 0.25) is 0 Å². The summed E-state index contributed by atoms with van der Waals surface area (Å²) in [6.45, 7) is 6.42. The maximum Gasteiger partial charge on any atom is 0.319 e. The van der Waals surface area contributed by atoms with Gasteiger partial charge < -0.3 is 9.80 Å². The van der Waals surface area contributed by atoms with Gasteiger partial charge in [0.05, 0.1) is 0 Å². The molecule has 0 saturated carbocycles. The fourth-order valence-corrected chi connectivity index (χ4v) is 1.52. The number of thioether (sulfide) groups is 1. The maximum absolute atomic E-state index is 11.7. The van der Waals surface area contributed by atoms with E-state index in [1.54, 1.807) is 16.7 Å². The van der Waals surface area contributed by atoms with Gasteiger partial charge in [0, 0.05) is 32.4 Å². The Hall–Kier alpha value is -0.380. The Balaban J connectivity index is 3.92. The smallest absolute Gasteiger partial charge is 0.319 e. The molecule has 0 rings (SSSR count). The molecule has 0 spiro atoms. The summed E-state index contributed by atoms with van der Waals surface area (Å²) in [6, 6.07) is 0.138. The van der Waals surface area contributed by atoms with E-state index in [2.05, 4.69) is 6.26 Å². The third-order valence-electron chi connectivity index (χ3n) is 1.99. The average Bonchev–Trinajstić information content (AvgIpc) is 2.15. The van der Waals surface area contributed by atoms with E-state index in [-0.39, 0.29) is 6.03 Å². The zero-order valence-electron chi connectivity index (χ0n) is 9.04. The van der Waals surface area contributed by atoms with Crippen molar-refractivity contribution in [2.45, 2.75) is 13.8 Å². The molecule has 0 heterocycles. The van der Waals surface area contributed by atoms with Crippen LogP contribution in [-0.4, -0.2) is 54.5 Å². The fraction of sp³-hybridized carbons (Fsp3) is 0.889. The lowest BCUT2D eigenvalue weighted by Gasteiger charge is -2.25. The van der Waals surface area contributed by atoms with Crippen molar-refractivity contribution in [2.24, 2.45) is 0 Å². The first kappa shape index (κ1) is 12.6. The third-order valence-corrected chi connectivity index (χ3v) is 2.58. The Morgan fingerprint density at radius 1 is 1.31 bits per heavy atom. The van der Waals surface area contributed by atoms with Crippen molar-refractivity contribution in [1.82, 2.24) is 9.80 Å². The van der Waals surface area contributed by atoms with Gasteiger partial charge in [0.2, 0.25) is 0 Å². The van der Waals surface area contributed by atoms with Crippen LogP contribution in [0.4, 0.5) is 4.79 Å². The Kier molecular flexibility index (Phi) is 6.86. The molecule has 0 aliphatic heterocycles. The molecule has 0 aromatic heterocycles. The predicted octanol–water partition coefficient (Wildman–Crippen LogP) is 1.74. The normalized spacial score (nSPS) is 9.85. The molecule has 0 bridgehead atoms. The van der Waals surface area contributed by atoms with Crippen LogP contribution in [0, 0.1) is 0 Å². The van der Waals surface area contributed by atoms with Crippen LogP contribution in [0.5, 0.6) is 0 Å². The molecule has 0 aromatic rings. The first-order valence-corrected chi connectivity index (χ1v) is 6.05. The number of hydrogen-bond acceptors (Lipinski definition) is 2. The maximum atomic E-state index is 11.7. The van der Waals surface area contributed by atoms with E-state index in [4.69, 9.17) is 0 Å². The van der Waals surface area contributed by atoms with Crippen LogP contribution >= 0.6 is 11.8 Å². The van der Waals surface area contributed by atoms with E-state index in [1.807, 2.05) is 25.8 Å². The van der Waals surface area contributed by atoms with Crippen molar-refractivity contribution < 1.29 is 4.79 Å². The predicted molar refractivity (Wildman–Crippen MR) is 59.3 cm³/mol. The molecule has 4 heteroatoms. The van der Waals surface area contributed by atoms with Gasteiger partial charge in [0.1, 0.15) is 0 Å². The minimum Gasteiger partial charge on any atom is -0.327 e. The highest BCUT2D eigenvalue weighted by Crippen LogP contribution is 1.99. The third kappa shape index (κ3) is 4.41. The van der Waals surface area contributed by atoms with E-state index in [9.17, 15) is 4.79 Å². The lowest BCUT2D eigenvalue weighted by Crippen LogP contribution is -2.41. The summed E-state index contributed by atoms with van der Waals surface area (Å²) >= 11 is 1.76. The lowest BCUT2D eigenvalue weighted by atomic mass is 10.5. The standard InChI is InChI=1S/C9H20N2OS/c1-5-11(6-2)9(12)10(3)7-8-13-4/h5-8H2,1-4H3. The van der Waals surface area contributed by atoms with Crippen molar-refractivity contribution in [3.05, 3.63) is 0 Å². The molecule has 2 amide bonds. The summed E-state index contributed by atoms with van der Waals surface area (Å²) in [5, 5.41) is 0. The van der Waals surface area contributed by atoms with Gasteiger partial charge in [0.25, 0.3) is 0 Å². The second-order valence-electron chi connectivity index (χ2n) is 2.87. The fourth-order valence-electron chi connectivity index (χ4n) is 1.06. The van der Waals surface area contributed by atoms with E-state index in [0.717, 1.165) is 25.4 Å². The molecule has 78 valence electrons. The minimum atomic E-state index is 0.138. The summed E-state index contributed by atoms with van der Waals surface area (Å²) < 4.78 is 0. The Bertz CT molecular complexity index is 149. The van der Waals surface area contributed by atoms with Gasteiger partial charge in [-0.25, -0.2) is 4.79 Å². The van der Waals surface area contributed by atoms with Crippen molar-refractivity contribution in [2.75, 3.05) is 38.7 Å². The second kappa shape index (κ2) is 7.06. The molecular weight excluding hydrogens is 184 g/mol. The molecule has 0 N–H and O–H groups in total. The van der Waals surface area contributed by atoms with Crippen LogP contribution in [0.15, 0.2) is 0 Å². The van der Waals surface area contributed by atoms with Crippen LogP contribution in [0.1, 0.15) is 13.8 Å². The van der Waals surface area contributed by atoms with Crippen molar-refractivity contribution >= 4 is 17.8 Å². The van der Waals surface area contributed by atoms with Crippen molar-refractivity contribution in [3.63, 3.8) is 0 Å². The van der Waals surface area contributed by atoms with Gasteiger partial charge in [0.15, 0.2) is 0 Å². The molecule has 3 nitrogen and oxygen atoms in total. The summed E-state index contributed by atoms with van der Waals surface area (Å²) in [5.41, 5.74) is 0. The average molecular weight is 204 g/mol. The second-order valence-corrected chi connectivity index (χ2v) is 3.85. The van der Waals surface area contributed by atoms with E-state index >= 15 is 0 Å². The van der Waals surface area contributed by atoms with E-state index in [1.165, 1.54) is 0 Å². The van der Waals surface area contributed by atoms with Crippen LogP contribution in [0.3, 0.4) is 0 Å². The summed E-state index contributed by atoms with van der Waals surface area (Å²) in [6.07, 6.45) is 2.05. The topological polar surface area (TPSA) is 23.6 Å². The van der Waals surface area contributed by atoms with Crippen LogP contribution in [-0.2, 0) is 0 Å². The van der Waals surface area contributed by atoms with Gasteiger partial charge >= 0.3 is 6.03 Å². The van der Waals surface area contributed by atoms with Gasteiger partial charge in [-0.15, -0.1) is 0 Å². The number of urea groups is 1. The highest BCUT2D eigenvalue weighted by molar-refractivity contribution is 7.98. The monoisotopic (exact) mass is 204 g/mol. The van der Waals surface area contributed by atoms with Gasteiger partial charge in [-0.3, -0.25) is 0 Å². The molecule has 13 heavy (non-hydrogen) atoms. The molecule has 0 fully saturated rings. The van der Waals surface area contributed by atoms with Gasteiger partial charge in [-0.05, 0) is 20.1 Å². The van der Waals surface area contributed by atoms with Crippen LogP contribution in [0.25, 0.3) is 0 Å². The Labute approximate surface area is 85.5 Å². The molecule has 0 radical (unpaired) electrons. The first-order valence-electron chi connectivity index (χ1n) is 4.66. The molecule has 0 aliphatic carbocycles. The molecule has 0 aromatic carbocycles. The van der Waals surface area contributed by atoms with Crippen LogP contribution < -0.4 is 0 Å². The number of carbonyl (C=O) groups is 1. The first-order chi connectivity index (χ1) is 6.17.